The summed E-state index contributed by atoms with van der Waals surface area (Å²) in [4.78, 5) is 41.4. The molecule has 2 saturated heterocycles. The number of ether oxygens (including phenoxy) is 1. The van der Waals surface area contributed by atoms with Gasteiger partial charge in [-0.2, -0.15) is 31.4 Å². The van der Waals surface area contributed by atoms with Crippen molar-refractivity contribution >= 4 is 46.0 Å². The number of likely N-dealkylation sites (tertiary alicyclic amines) is 1. The van der Waals surface area contributed by atoms with Gasteiger partial charge in [0.2, 0.25) is 0 Å². The van der Waals surface area contributed by atoms with Crippen molar-refractivity contribution in [1.82, 2.24) is 19.6 Å². The number of imide groups is 1. The molecule has 15 heteroatoms. The van der Waals surface area contributed by atoms with E-state index in [2.05, 4.69) is 5.10 Å². The highest BCUT2D eigenvalue weighted by Crippen LogP contribution is 2.38. The predicted octanol–water partition coefficient (Wildman–Crippen LogP) is 7.56. The Labute approximate surface area is 258 Å². The van der Waals surface area contributed by atoms with Gasteiger partial charge in [-0.1, -0.05) is 12.1 Å². The number of thioether (sulfide) groups is 1. The first-order valence-corrected chi connectivity index (χ1v) is 14.7. The van der Waals surface area contributed by atoms with Crippen molar-refractivity contribution in [3.05, 3.63) is 69.8 Å². The summed E-state index contributed by atoms with van der Waals surface area (Å²) >= 11 is 0.755. The highest BCUT2D eigenvalue weighted by Gasteiger charge is 2.41. The maximum Gasteiger partial charge on any atom is 0.416 e. The minimum absolute atomic E-state index is 0.0247. The summed E-state index contributed by atoms with van der Waals surface area (Å²) < 4.78 is 86.8. The fourth-order valence-electron chi connectivity index (χ4n) is 5.24. The van der Waals surface area contributed by atoms with E-state index in [4.69, 9.17) is 4.74 Å². The number of benzene rings is 2. The van der Waals surface area contributed by atoms with E-state index in [1.807, 2.05) is 0 Å². The van der Waals surface area contributed by atoms with E-state index in [-0.39, 0.29) is 29.1 Å². The molecule has 8 nitrogen and oxygen atoms in total. The average Bonchev–Trinajstić information content (AvgIpc) is 3.61. The molecule has 3 heterocycles. The van der Waals surface area contributed by atoms with Crippen LogP contribution in [0.2, 0.25) is 0 Å². The summed E-state index contributed by atoms with van der Waals surface area (Å²) in [5, 5.41) is 4.15. The number of fused-ring (bicyclic) bond motifs is 1. The highest BCUT2D eigenvalue weighted by molar-refractivity contribution is 8.18. The van der Waals surface area contributed by atoms with E-state index in [1.165, 1.54) is 21.9 Å². The molecule has 1 atom stereocenters. The van der Waals surface area contributed by atoms with Crippen LogP contribution in [0.15, 0.2) is 47.5 Å². The largest absolute Gasteiger partial charge is 0.444 e. The lowest BCUT2D eigenvalue weighted by Crippen LogP contribution is -2.46. The molecular formula is C30H28F6N4O4S. The monoisotopic (exact) mass is 654 g/mol. The molecule has 1 aromatic heterocycles. The zero-order valence-corrected chi connectivity index (χ0v) is 25.1. The number of carbonyl (C=O) groups is 3. The lowest BCUT2D eigenvalue weighted by atomic mass is 10.0. The molecule has 0 bridgehead atoms. The molecule has 3 amide bonds. The van der Waals surface area contributed by atoms with Crippen molar-refractivity contribution in [1.29, 1.82) is 0 Å². The summed E-state index contributed by atoms with van der Waals surface area (Å²) in [5.41, 5.74) is -2.94. The van der Waals surface area contributed by atoms with Crippen LogP contribution in [0.5, 0.6) is 0 Å². The summed E-state index contributed by atoms with van der Waals surface area (Å²) in [5.74, 6) is -0.515. The van der Waals surface area contributed by atoms with Gasteiger partial charge in [0.15, 0.2) is 0 Å². The Morgan fingerprint density at radius 2 is 1.78 bits per heavy atom. The van der Waals surface area contributed by atoms with Crippen LogP contribution >= 0.6 is 11.8 Å². The molecule has 2 aromatic carbocycles. The molecule has 0 spiro atoms. The highest BCUT2D eigenvalue weighted by atomic mass is 32.2. The van der Waals surface area contributed by atoms with E-state index in [0.717, 1.165) is 22.7 Å². The Morgan fingerprint density at radius 3 is 2.44 bits per heavy atom. The number of aromatic nitrogens is 2. The van der Waals surface area contributed by atoms with Gasteiger partial charge in [-0.3, -0.25) is 19.2 Å². The van der Waals surface area contributed by atoms with Gasteiger partial charge in [0.1, 0.15) is 5.60 Å². The molecule has 0 saturated carbocycles. The Hall–Kier alpha value is -4.01. The number of carbonyl (C=O) groups excluding carboxylic acids is 3. The van der Waals surface area contributed by atoms with Crippen molar-refractivity contribution in [3.8, 4) is 0 Å². The normalized spacial score (nSPS) is 19.0. The molecule has 45 heavy (non-hydrogen) atoms. The first-order valence-electron chi connectivity index (χ1n) is 13.9. The SMILES string of the molecule is CC(C)(C)OC(=O)N1CCC[C@@H]1CN1C(=O)SC(=Cc2ccc3c(cnn3Cc3ccc(C(F)(F)F)cc3C(F)(F)F)c2)C1=O. The van der Waals surface area contributed by atoms with E-state index < -0.39 is 52.9 Å². The van der Waals surface area contributed by atoms with Crippen molar-refractivity contribution in [2.45, 2.75) is 64.2 Å². The van der Waals surface area contributed by atoms with Gasteiger partial charge in [0.25, 0.3) is 11.1 Å². The zero-order chi connectivity index (χ0) is 32.9. The van der Waals surface area contributed by atoms with Crippen LogP contribution in [0.3, 0.4) is 0 Å². The fourth-order valence-corrected chi connectivity index (χ4v) is 6.09. The molecule has 3 aromatic rings. The van der Waals surface area contributed by atoms with Gasteiger partial charge >= 0.3 is 18.4 Å². The maximum absolute atomic E-state index is 13.6. The van der Waals surface area contributed by atoms with Crippen molar-refractivity contribution in [3.63, 3.8) is 0 Å². The van der Waals surface area contributed by atoms with Gasteiger partial charge in [0, 0.05) is 11.9 Å². The van der Waals surface area contributed by atoms with Crippen LogP contribution < -0.4 is 0 Å². The van der Waals surface area contributed by atoms with E-state index >= 15 is 0 Å². The molecule has 0 unspecified atom stereocenters. The minimum atomic E-state index is -5.01. The number of amides is 3. The number of halogens is 6. The zero-order valence-electron chi connectivity index (χ0n) is 24.3. The second kappa shape index (κ2) is 11.7. The van der Waals surface area contributed by atoms with Gasteiger partial charge in [-0.25, -0.2) is 4.79 Å². The third kappa shape index (κ3) is 7.13. The molecule has 240 valence electrons. The maximum atomic E-state index is 13.6. The second-order valence-electron chi connectivity index (χ2n) is 11.8. The van der Waals surface area contributed by atoms with Gasteiger partial charge < -0.3 is 9.64 Å². The molecule has 2 fully saturated rings. The second-order valence-corrected chi connectivity index (χ2v) is 12.7. The molecule has 2 aliphatic rings. The molecule has 5 rings (SSSR count). The molecule has 2 aliphatic heterocycles. The number of nitrogens with zero attached hydrogens (tertiary/aromatic N) is 4. The topological polar surface area (TPSA) is 84.7 Å². The van der Waals surface area contributed by atoms with Gasteiger partial charge in [-0.15, -0.1) is 0 Å². The first kappa shape index (κ1) is 32.4. The molecule has 0 radical (unpaired) electrons. The Kier molecular flexibility index (Phi) is 8.44. The fraction of sp³-hybridized carbons (Fsp3) is 0.400. The van der Waals surface area contributed by atoms with Crippen molar-refractivity contribution in [2.75, 3.05) is 13.1 Å². The number of hydrogen-bond donors (Lipinski definition) is 0. The molecular weight excluding hydrogens is 626 g/mol. The summed E-state index contributed by atoms with van der Waals surface area (Å²) in [6.07, 6.45) is -6.23. The van der Waals surface area contributed by atoms with Crippen molar-refractivity contribution < 1.29 is 45.5 Å². The van der Waals surface area contributed by atoms with Gasteiger partial charge in [-0.05, 0) is 86.8 Å². The van der Waals surface area contributed by atoms with Crippen LogP contribution in [0, 0.1) is 0 Å². The van der Waals surface area contributed by atoms with Crippen LogP contribution in [-0.4, -0.2) is 61.6 Å². The van der Waals surface area contributed by atoms with E-state index in [0.29, 0.717) is 41.9 Å². The van der Waals surface area contributed by atoms with Gasteiger partial charge in [0.05, 0.1) is 46.9 Å². The van der Waals surface area contributed by atoms with E-state index in [1.54, 1.807) is 39.0 Å². The number of alkyl halides is 6. The minimum Gasteiger partial charge on any atom is -0.444 e. The molecule has 0 N–H and O–H groups in total. The number of hydrogen-bond acceptors (Lipinski definition) is 6. The van der Waals surface area contributed by atoms with Crippen LogP contribution in [0.4, 0.5) is 35.9 Å². The predicted molar refractivity (Wildman–Crippen MR) is 154 cm³/mol. The smallest absolute Gasteiger partial charge is 0.416 e. The lowest BCUT2D eigenvalue weighted by Gasteiger charge is -2.30. The van der Waals surface area contributed by atoms with Crippen LogP contribution in [-0.2, 0) is 28.4 Å². The van der Waals surface area contributed by atoms with Crippen molar-refractivity contribution in [2.24, 2.45) is 0 Å². The van der Waals surface area contributed by atoms with E-state index in [9.17, 15) is 40.7 Å². The third-order valence-corrected chi connectivity index (χ3v) is 8.21. The Morgan fingerprint density at radius 1 is 1.04 bits per heavy atom. The third-order valence-electron chi connectivity index (χ3n) is 7.30. The Balaban J connectivity index is 1.33. The average molecular weight is 655 g/mol. The number of rotatable bonds is 5. The summed E-state index contributed by atoms with van der Waals surface area (Å²) in [6, 6.07) is 5.89. The standard InChI is InChI=1S/C30H28F6N4O4S/c1-28(2,3)44-26(42)38-10-4-5-21(38)16-39-25(41)24(45-27(39)43)12-17-6-9-23-19(11-17)14-37-40(23)15-18-7-8-20(29(31,32)33)13-22(18)30(34,35)36/h6-9,11-14,21H,4-5,10,15-16H2,1-3H3/t21-/m1/s1. The molecule has 0 aliphatic carbocycles. The Bertz CT molecular complexity index is 1690. The first-order chi connectivity index (χ1) is 20.9. The van der Waals surface area contributed by atoms with Crippen LogP contribution in [0.25, 0.3) is 17.0 Å². The summed E-state index contributed by atoms with van der Waals surface area (Å²) in [7, 11) is 0. The quantitative estimate of drug-likeness (QED) is 0.209. The lowest BCUT2D eigenvalue weighted by molar-refractivity contribution is -0.143. The van der Waals surface area contributed by atoms with Crippen LogP contribution in [0.1, 0.15) is 55.9 Å². The summed E-state index contributed by atoms with van der Waals surface area (Å²) in [6.45, 7) is 5.30.